The minimum Gasteiger partial charge on any atom is -0.361 e. The van der Waals surface area contributed by atoms with Gasteiger partial charge in [0, 0.05) is 37.8 Å². The molecule has 24 heavy (non-hydrogen) atoms. The van der Waals surface area contributed by atoms with E-state index in [1.165, 1.54) is 6.33 Å². The van der Waals surface area contributed by atoms with Crippen molar-refractivity contribution in [2.24, 2.45) is 0 Å². The fourth-order valence-corrected chi connectivity index (χ4v) is 2.73. The maximum absolute atomic E-state index is 12.3. The molecule has 8 heteroatoms. The van der Waals surface area contributed by atoms with Gasteiger partial charge in [-0.2, -0.15) is 0 Å². The molecule has 1 aliphatic heterocycles. The van der Waals surface area contributed by atoms with E-state index >= 15 is 0 Å². The Morgan fingerprint density at radius 3 is 2.67 bits per heavy atom. The Morgan fingerprint density at radius 2 is 2.00 bits per heavy atom. The molecule has 2 aromatic rings. The molecule has 1 aliphatic rings. The second-order valence-corrected chi connectivity index (χ2v) is 6.08. The molecule has 8 nitrogen and oxygen atoms in total. The molecule has 0 saturated carbocycles. The number of nitrogens with zero attached hydrogens (tertiary/aromatic N) is 5. The van der Waals surface area contributed by atoms with Crippen LogP contribution >= 0.6 is 0 Å². The Labute approximate surface area is 140 Å². The van der Waals surface area contributed by atoms with Crippen LogP contribution in [-0.2, 0) is 11.2 Å². The number of hydrogen-bond acceptors (Lipinski definition) is 7. The average molecular weight is 330 g/mol. The lowest BCUT2D eigenvalue weighted by Gasteiger charge is -2.33. The highest BCUT2D eigenvalue weighted by atomic mass is 16.5. The summed E-state index contributed by atoms with van der Waals surface area (Å²) in [4.78, 5) is 25.2. The summed E-state index contributed by atoms with van der Waals surface area (Å²) in [6.45, 7) is 7.46. The first kappa shape index (κ1) is 16.4. The third-order valence-corrected chi connectivity index (χ3v) is 4.27. The van der Waals surface area contributed by atoms with Gasteiger partial charge in [0.2, 0.25) is 5.91 Å². The van der Waals surface area contributed by atoms with Crippen LogP contribution in [0, 0.1) is 13.8 Å². The first-order chi connectivity index (χ1) is 11.5. The van der Waals surface area contributed by atoms with Gasteiger partial charge in [0.05, 0.1) is 12.1 Å². The van der Waals surface area contributed by atoms with E-state index in [9.17, 15) is 4.79 Å². The Hall–Kier alpha value is -2.48. The van der Waals surface area contributed by atoms with Gasteiger partial charge < -0.3 is 19.6 Å². The predicted molar refractivity (Wildman–Crippen MR) is 90.1 cm³/mol. The highest BCUT2D eigenvalue weighted by molar-refractivity contribution is 5.91. The molecule has 0 spiro atoms. The first-order valence-electron chi connectivity index (χ1n) is 8.00. The van der Waals surface area contributed by atoms with E-state index in [0.29, 0.717) is 11.6 Å². The minimum atomic E-state index is -0.146. The number of piperazine rings is 1. The summed E-state index contributed by atoms with van der Waals surface area (Å²) >= 11 is 0. The summed E-state index contributed by atoms with van der Waals surface area (Å²) in [7, 11) is 2.11. The van der Waals surface area contributed by atoms with E-state index in [-0.39, 0.29) is 12.3 Å². The van der Waals surface area contributed by atoms with Crippen LogP contribution in [0.2, 0.25) is 0 Å². The molecule has 3 heterocycles. The molecule has 0 aromatic carbocycles. The zero-order valence-electron chi connectivity index (χ0n) is 14.2. The number of aryl methyl sites for hydroxylation is 2. The number of nitrogens with one attached hydrogen (secondary N) is 1. The largest absolute Gasteiger partial charge is 0.361 e. The number of aromatic nitrogens is 3. The Kier molecular flexibility index (Phi) is 4.75. The summed E-state index contributed by atoms with van der Waals surface area (Å²) in [6.07, 6.45) is 1.70. The third-order valence-electron chi connectivity index (χ3n) is 4.27. The molecule has 0 radical (unpaired) electrons. The van der Waals surface area contributed by atoms with Crippen LogP contribution < -0.4 is 10.2 Å². The van der Waals surface area contributed by atoms with E-state index < -0.39 is 0 Å². The van der Waals surface area contributed by atoms with Crippen molar-refractivity contribution in [1.29, 1.82) is 0 Å². The van der Waals surface area contributed by atoms with Crippen LogP contribution in [0.4, 0.5) is 11.6 Å². The van der Waals surface area contributed by atoms with Crippen molar-refractivity contribution >= 4 is 17.5 Å². The number of carbonyl (C=O) groups excluding carboxylic acids is 1. The molecule has 1 saturated heterocycles. The van der Waals surface area contributed by atoms with Crippen LogP contribution in [0.5, 0.6) is 0 Å². The Bertz CT molecular complexity index is 702. The Morgan fingerprint density at radius 1 is 1.25 bits per heavy atom. The Balaban J connectivity index is 1.65. The SMILES string of the molecule is Cc1noc(C)c1CC(=O)Nc1cc(N2CCN(C)CC2)ncn1. The predicted octanol–water partition coefficient (Wildman–Crippen LogP) is 1.01. The number of hydrogen-bond donors (Lipinski definition) is 1. The van der Waals surface area contributed by atoms with Gasteiger partial charge in [-0.05, 0) is 20.9 Å². The van der Waals surface area contributed by atoms with E-state index in [2.05, 4.69) is 37.3 Å². The third kappa shape index (κ3) is 3.70. The second kappa shape index (κ2) is 6.96. The van der Waals surface area contributed by atoms with Gasteiger partial charge in [-0.25, -0.2) is 9.97 Å². The molecule has 0 bridgehead atoms. The van der Waals surface area contributed by atoms with Gasteiger partial charge in [0.1, 0.15) is 23.7 Å². The summed E-state index contributed by atoms with van der Waals surface area (Å²) in [5, 5.41) is 6.69. The van der Waals surface area contributed by atoms with E-state index in [4.69, 9.17) is 4.52 Å². The van der Waals surface area contributed by atoms with Gasteiger partial charge >= 0.3 is 0 Å². The van der Waals surface area contributed by atoms with Crippen LogP contribution in [0.15, 0.2) is 16.9 Å². The van der Waals surface area contributed by atoms with Crippen molar-refractivity contribution in [3.8, 4) is 0 Å². The highest BCUT2D eigenvalue weighted by Gasteiger charge is 2.17. The summed E-state index contributed by atoms with van der Waals surface area (Å²) < 4.78 is 5.09. The molecule has 128 valence electrons. The molecule has 0 aliphatic carbocycles. The van der Waals surface area contributed by atoms with E-state index in [0.717, 1.165) is 43.3 Å². The van der Waals surface area contributed by atoms with Gasteiger partial charge in [0.15, 0.2) is 0 Å². The summed E-state index contributed by atoms with van der Waals surface area (Å²) in [5.41, 5.74) is 1.56. The van der Waals surface area contributed by atoms with Gasteiger partial charge in [-0.15, -0.1) is 0 Å². The molecule has 1 fully saturated rings. The van der Waals surface area contributed by atoms with Gasteiger partial charge in [-0.1, -0.05) is 5.16 Å². The lowest BCUT2D eigenvalue weighted by atomic mass is 10.1. The van der Waals surface area contributed by atoms with Crippen molar-refractivity contribution < 1.29 is 9.32 Å². The fraction of sp³-hybridized carbons (Fsp3) is 0.500. The van der Waals surface area contributed by atoms with E-state index in [1.54, 1.807) is 6.92 Å². The molecule has 0 unspecified atom stereocenters. The topological polar surface area (TPSA) is 87.4 Å². The number of anilines is 2. The summed E-state index contributed by atoms with van der Waals surface area (Å²) in [6, 6.07) is 1.82. The monoisotopic (exact) mass is 330 g/mol. The minimum absolute atomic E-state index is 0.146. The van der Waals surface area contributed by atoms with Crippen molar-refractivity contribution in [2.45, 2.75) is 20.3 Å². The van der Waals surface area contributed by atoms with Crippen LogP contribution in [0.25, 0.3) is 0 Å². The number of amides is 1. The van der Waals surface area contributed by atoms with Crippen LogP contribution in [0.1, 0.15) is 17.0 Å². The normalized spacial score (nSPS) is 15.5. The molecule has 1 amide bonds. The lowest BCUT2D eigenvalue weighted by molar-refractivity contribution is -0.115. The van der Waals surface area contributed by atoms with Crippen molar-refractivity contribution in [3.05, 3.63) is 29.4 Å². The number of likely N-dealkylation sites (N-methyl/N-ethyl adjacent to an activating group) is 1. The molecular formula is C16H22N6O2. The lowest BCUT2D eigenvalue weighted by Crippen LogP contribution is -2.44. The highest BCUT2D eigenvalue weighted by Crippen LogP contribution is 2.17. The maximum Gasteiger partial charge on any atom is 0.230 e. The molecule has 0 atom stereocenters. The van der Waals surface area contributed by atoms with Crippen molar-refractivity contribution in [2.75, 3.05) is 43.4 Å². The van der Waals surface area contributed by atoms with Crippen LogP contribution in [-0.4, -0.2) is 59.2 Å². The van der Waals surface area contributed by atoms with Crippen molar-refractivity contribution in [3.63, 3.8) is 0 Å². The average Bonchev–Trinajstić information content (AvgIpc) is 2.88. The zero-order chi connectivity index (χ0) is 17.1. The van der Waals surface area contributed by atoms with E-state index in [1.807, 2.05) is 13.0 Å². The smallest absolute Gasteiger partial charge is 0.230 e. The zero-order valence-corrected chi connectivity index (χ0v) is 14.2. The van der Waals surface area contributed by atoms with Crippen molar-refractivity contribution in [1.82, 2.24) is 20.0 Å². The number of rotatable bonds is 4. The second-order valence-electron chi connectivity index (χ2n) is 6.08. The molecule has 1 N–H and O–H groups in total. The maximum atomic E-state index is 12.3. The van der Waals surface area contributed by atoms with Gasteiger partial charge in [0.25, 0.3) is 0 Å². The molecule has 3 rings (SSSR count). The first-order valence-corrected chi connectivity index (χ1v) is 8.00. The fourth-order valence-electron chi connectivity index (χ4n) is 2.73. The standard InChI is InChI=1S/C16H22N6O2/c1-11-13(12(2)24-20-11)8-16(23)19-14-9-15(18-10-17-14)22-6-4-21(3)5-7-22/h9-10H,4-8H2,1-3H3,(H,17,18,19,23). The summed E-state index contributed by atoms with van der Waals surface area (Å²) in [5.74, 6) is 1.87. The number of carbonyl (C=O) groups is 1. The quantitative estimate of drug-likeness (QED) is 0.895. The van der Waals surface area contributed by atoms with Crippen LogP contribution in [0.3, 0.4) is 0 Å². The molecular weight excluding hydrogens is 308 g/mol. The van der Waals surface area contributed by atoms with Gasteiger partial charge in [-0.3, -0.25) is 4.79 Å². The molecule has 2 aromatic heterocycles.